The van der Waals surface area contributed by atoms with Gasteiger partial charge in [0.1, 0.15) is 6.10 Å². The number of ether oxygens (including phenoxy) is 2. The van der Waals surface area contributed by atoms with Crippen LogP contribution in [0, 0.1) is 5.92 Å². The number of rotatable bonds is 7. The summed E-state index contributed by atoms with van der Waals surface area (Å²) in [5.41, 5.74) is 0. The molecule has 2 heterocycles. The molecule has 2 aliphatic heterocycles. The summed E-state index contributed by atoms with van der Waals surface area (Å²) >= 11 is 0. The van der Waals surface area contributed by atoms with Gasteiger partial charge in [0.15, 0.2) is 6.10 Å². The van der Waals surface area contributed by atoms with E-state index in [2.05, 4.69) is 6.92 Å². The van der Waals surface area contributed by atoms with E-state index >= 15 is 0 Å². The lowest BCUT2D eigenvalue weighted by Gasteiger charge is -2.21. The number of aliphatic hydroxyl groups is 1. The van der Waals surface area contributed by atoms with Crippen LogP contribution < -0.4 is 0 Å². The van der Waals surface area contributed by atoms with Crippen molar-refractivity contribution in [3.05, 3.63) is 0 Å². The first-order valence-electron chi connectivity index (χ1n) is 7.24. The van der Waals surface area contributed by atoms with Crippen LogP contribution in [0.2, 0.25) is 0 Å². The van der Waals surface area contributed by atoms with Crippen LogP contribution in [0.3, 0.4) is 0 Å². The third-order valence-corrected chi connectivity index (χ3v) is 4.03. The van der Waals surface area contributed by atoms with Gasteiger partial charge in [0.05, 0.1) is 6.10 Å². The summed E-state index contributed by atoms with van der Waals surface area (Å²) in [5.74, 6) is -0.212. The Morgan fingerprint density at radius 3 is 2.89 bits per heavy atom. The lowest BCUT2D eigenvalue weighted by Crippen LogP contribution is -2.32. The number of carbonyl (C=O) groups is 1. The molecule has 2 aliphatic rings. The molecular weight excluding hydrogens is 232 g/mol. The van der Waals surface area contributed by atoms with E-state index in [9.17, 15) is 9.90 Å². The minimum absolute atomic E-state index is 0.0724. The van der Waals surface area contributed by atoms with Gasteiger partial charge in [-0.1, -0.05) is 39.0 Å². The van der Waals surface area contributed by atoms with Gasteiger partial charge in [-0.15, -0.1) is 0 Å². The number of esters is 1. The van der Waals surface area contributed by atoms with Crippen LogP contribution >= 0.6 is 0 Å². The predicted molar refractivity (Wildman–Crippen MR) is 67.1 cm³/mol. The summed E-state index contributed by atoms with van der Waals surface area (Å²) in [4.78, 5) is 11.5. The van der Waals surface area contributed by atoms with Crippen LogP contribution in [0.4, 0.5) is 0 Å². The fourth-order valence-electron chi connectivity index (χ4n) is 2.96. The van der Waals surface area contributed by atoms with E-state index in [0.29, 0.717) is 6.61 Å². The first-order chi connectivity index (χ1) is 8.74. The molecule has 0 aliphatic carbocycles. The van der Waals surface area contributed by atoms with E-state index in [-0.39, 0.29) is 18.0 Å². The molecule has 2 fully saturated rings. The molecule has 2 saturated heterocycles. The molecule has 2 rings (SSSR count). The highest BCUT2D eigenvalue weighted by molar-refractivity contribution is 5.78. The third kappa shape index (κ3) is 3.04. The minimum Gasteiger partial charge on any atom is -0.457 e. The van der Waals surface area contributed by atoms with Gasteiger partial charge in [-0.2, -0.15) is 0 Å². The van der Waals surface area contributed by atoms with Crippen LogP contribution in [-0.2, 0) is 14.3 Å². The van der Waals surface area contributed by atoms with E-state index in [1.54, 1.807) is 0 Å². The van der Waals surface area contributed by atoms with E-state index in [4.69, 9.17) is 9.47 Å². The molecule has 0 aromatic heterocycles. The van der Waals surface area contributed by atoms with E-state index in [1.807, 2.05) is 0 Å². The molecule has 4 heteroatoms. The Balaban J connectivity index is 1.72. The van der Waals surface area contributed by atoms with Crippen molar-refractivity contribution in [2.45, 2.75) is 70.2 Å². The first kappa shape index (κ1) is 13.8. The summed E-state index contributed by atoms with van der Waals surface area (Å²) in [6.45, 7) is 2.80. The van der Waals surface area contributed by atoms with Gasteiger partial charge in [0.2, 0.25) is 0 Å². The standard InChI is InChI=1S/C14H24O4/c1-2-3-4-5-6-7-11(15)12-10-8-9-17-13(10)14(16)18-12/h10-13,15H,2-9H2,1H3/t10-,11-,12+,13-/m1/s1. The minimum atomic E-state index is -0.521. The van der Waals surface area contributed by atoms with Gasteiger partial charge in [-0.25, -0.2) is 4.79 Å². The largest absolute Gasteiger partial charge is 0.457 e. The van der Waals surface area contributed by atoms with Crippen LogP contribution in [-0.4, -0.2) is 36.0 Å². The van der Waals surface area contributed by atoms with Gasteiger partial charge in [-0.3, -0.25) is 0 Å². The fourth-order valence-corrected chi connectivity index (χ4v) is 2.96. The van der Waals surface area contributed by atoms with Gasteiger partial charge in [0, 0.05) is 12.5 Å². The molecule has 0 spiro atoms. The fraction of sp³-hybridized carbons (Fsp3) is 0.929. The highest BCUT2D eigenvalue weighted by Crippen LogP contribution is 2.35. The summed E-state index contributed by atoms with van der Waals surface area (Å²) in [6.07, 6.45) is 6.15. The summed E-state index contributed by atoms with van der Waals surface area (Å²) in [7, 11) is 0. The highest BCUT2D eigenvalue weighted by atomic mass is 16.6. The molecule has 0 amide bonds. The van der Waals surface area contributed by atoms with Crippen molar-refractivity contribution in [2.75, 3.05) is 6.61 Å². The van der Waals surface area contributed by atoms with Crippen LogP contribution in [0.5, 0.6) is 0 Å². The van der Waals surface area contributed by atoms with E-state index < -0.39 is 12.2 Å². The molecule has 4 nitrogen and oxygen atoms in total. The number of hydrogen-bond donors (Lipinski definition) is 1. The number of hydrogen-bond acceptors (Lipinski definition) is 4. The normalized spacial score (nSPS) is 32.3. The molecule has 4 atom stereocenters. The monoisotopic (exact) mass is 256 g/mol. The molecule has 0 aromatic rings. The van der Waals surface area contributed by atoms with Gasteiger partial charge in [0.25, 0.3) is 0 Å². The maximum Gasteiger partial charge on any atom is 0.336 e. The third-order valence-electron chi connectivity index (χ3n) is 4.03. The summed E-state index contributed by atoms with van der Waals surface area (Å²) in [5, 5.41) is 10.1. The Hall–Kier alpha value is -0.610. The van der Waals surface area contributed by atoms with Crippen LogP contribution in [0.25, 0.3) is 0 Å². The quantitative estimate of drug-likeness (QED) is 0.559. The number of fused-ring (bicyclic) bond motifs is 1. The van der Waals surface area contributed by atoms with Crippen molar-refractivity contribution in [1.82, 2.24) is 0 Å². The number of aliphatic hydroxyl groups excluding tert-OH is 1. The van der Waals surface area contributed by atoms with Crippen molar-refractivity contribution in [2.24, 2.45) is 5.92 Å². The number of cyclic esters (lactones) is 1. The maximum absolute atomic E-state index is 11.5. The van der Waals surface area contributed by atoms with E-state index in [0.717, 1.165) is 25.7 Å². The Kier molecular flexibility index (Phi) is 5.01. The molecule has 18 heavy (non-hydrogen) atoms. The molecule has 0 aromatic carbocycles. The lowest BCUT2D eigenvalue weighted by atomic mass is 9.91. The second-order valence-corrected chi connectivity index (χ2v) is 5.42. The molecular formula is C14H24O4. The van der Waals surface area contributed by atoms with Crippen molar-refractivity contribution in [3.8, 4) is 0 Å². The zero-order valence-corrected chi connectivity index (χ0v) is 11.1. The molecule has 0 saturated carbocycles. The van der Waals surface area contributed by atoms with Crippen molar-refractivity contribution < 1.29 is 19.4 Å². The van der Waals surface area contributed by atoms with Gasteiger partial charge in [-0.05, 0) is 12.8 Å². The molecule has 0 unspecified atom stereocenters. The Bertz CT molecular complexity index is 279. The lowest BCUT2D eigenvalue weighted by molar-refractivity contribution is -0.152. The topological polar surface area (TPSA) is 55.8 Å². The Morgan fingerprint density at radius 2 is 2.11 bits per heavy atom. The summed E-state index contributed by atoms with van der Waals surface area (Å²) < 4.78 is 10.6. The molecule has 0 radical (unpaired) electrons. The predicted octanol–water partition coefficient (Wildman–Crippen LogP) is 2.04. The van der Waals surface area contributed by atoms with Crippen LogP contribution in [0.1, 0.15) is 51.9 Å². The van der Waals surface area contributed by atoms with Crippen molar-refractivity contribution in [3.63, 3.8) is 0 Å². The van der Waals surface area contributed by atoms with Crippen molar-refractivity contribution >= 4 is 5.97 Å². The van der Waals surface area contributed by atoms with Crippen molar-refractivity contribution in [1.29, 1.82) is 0 Å². The van der Waals surface area contributed by atoms with Gasteiger partial charge < -0.3 is 14.6 Å². The van der Waals surface area contributed by atoms with E-state index in [1.165, 1.54) is 19.3 Å². The summed E-state index contributed by atoms with van der Waals surface area (Å²) in [6, 6.07) is 0. The average Bonchev–Trinajstić information content (AvgIpc) is 2.93. The first-order valence-corrected chi connectivity index (χ1v) is 7.24. The second kappa shape index (κ2) is 6.53. The smallest absolute Gasteiger partial charge is 0.336 e. The van der Waals surface area contributed by atoms with Gasteiger partial charge >= 0.3 is 5.97 Å². The Labute approximate surface area is 109 Å². The number of unbranched alkanes of at least 4 members (excludes halogenated alkanes) is 4. The maximum atomic E-state index is 11.5. The second-order valence-electron chi connectivity index (χ2n) is 5.42. The zero-order chi connectivity index (χ0) is 13.0. The SMILES string of the molecule is CCCCCCC[C@@H](O)[C@H]1OC(=O)[C@@H]2OCC[C@H]12. The zero-order valence-electron chi connectivity index (χ0n) is 11.1. The highest BCUT2D eigenvalue weighted by Gasteiger charge is 2.50. The molecule has 0 bridgehead atoms. The number of carbonyl (C=O) groups excluding carboxylic acids is 1. The van der Waals surface area contributed by atoms with Crippen LogP contribution in [0.15, 0.2) is 0 Å². The molecule has 104 valence electrons. The average molecular weight is 256 g/mol. The molecule has 1 N–H and O–H groups in total. The Morgan fingerprint density at radius 1 is 1.33 bits per heavy atom.